The van der Waals surface area contributed by atoms with Gasteiger partial charge in [-0.05, 0) is 49.4 Å². The van der Waals surface area contributed by atoms with Crippen molar-refractivity contribution < 1.29 is 14.6 Å². The minimum absolute atomic E-state index is 0.0861. The second-order valence-corrected chi connectivity index (χ2v) is 6.69. The highest BCUT2D eigenvalue weighted by Gasteiger charge is 2.15. The molecule has 2 rings (SSSR count). The maximum Gasteiger partial charge on any atom is 0.407 e. The number of aliphatic hydroxyl groups excluding tert-OH is 1. The fourth-order valence-electron chi connectivity index (χ4n) is 2.47. The highest BCUT2D eigenvalue weighted by molar-refractivity contribution is 5.69. The third kappa shape index (κ3) is 5.39. The lowest BCUT2D eigenvalue weighted by Crippen LogP contribution is -2.32. The van der Waals surface area contributed by atoms with E-state index in [1.54, 1.807) is 0 Å². The molecule has 0 spiro atoms. The molecule has 2 N–H and O–H groups in total. The molecule has 24 heavy (non-hydrogen) atoms. The van der Waals surface area contributed by atoms with Crippen LogP contribution < -0.4 is 5.32 Å². The molecule has 0 unspecified atom stereocenters. The molecule has 2 aromatic carbocycles. The lowest BCUT2D eigenvalue weighted by molar-refractivity contribution is 0.0523. The first-order valence-corrected chi connectivity index (χ1v) is 8.14. The summed E-state index contributed by atoms with van der Waals surface area (Å²) in [6.07, 6.45) is 0.142. The second kappa shape index (κ2) is 7.97. The van der Waals surface area contributed by atoms with E-state index in [0.717, 1.165) is 22.3 Å². The highest BCUT2D eigenvalue weighted by Crippen LogP contribution is 2.25. The van der Waals surface area contributed by atoms with Crippen molar-refractivity contribution in [1.29, 1.82) is 0 Å². The Morgan fingerprint density at radius 2 is 1.83 bits per heavy atom. The summed E-state index contributed by atoms with van der Waals surface area (Å²) in [4.78, 5) is 11.8. The van der Waals surface area contributed by atoms with Crippen molar-refractivity contribution >= 4 is 6.09 Å². The zero-order valence-corrected chi connectivity index (χ0v) is 14.5. The van der Waals surface area contributed by atoms with Crippen molar-refractivity contribution in [2.45, 2.75) is 39.3 Å². The molecule has 0 aliphatic carbocycles. The van der Waals surface area contributed by atoms with E-state index in [1.807, 2.05) is 57.2 Å². The Balaban J connectivity index is 2.13. The molecule has 0 saturated heterocycles. The smallest absolute Gasteiger partial charge is 0.407 e. The van der Waals surface area contributed by atoms with Crippen molar-refractivity contribution in [3.63, 3.8) is 0 Å². The van der Waals surface area contributed by atoms with E-state index in [1.165, 1.54) is 0 Å². The Labute approximate surface area is 143 Å². The minimum atomic E-state index is -0.511. The molecule has 0 radical (unpaired) electrons. The molecule has 0 aromatic heterocycles. The molecule has 2 aromatic rings. The van der Waals surface area contributed by atoms with Crippen molar-refractivity contribution in [2.75, 3.05) is 6.61 Å². The monoisotopic (exact) mass is 327 g/mol. The fourth-order valence-corrected chi connectivity index (χ4v) is 2.47. The standard InChI is InChI=1S/C20H25NO3/c1-20(2,3)24-19(23)21-14-15-9-10-18(17(13-15)11-12-22)16-7-5-4-6-8-16/h4-10,13,22H,11-12,14H2,1-3H3,(H,21,23). The van der Waals surface area contributed by atoms with E-state index in [4.69, 9.17) is 4.74 Å². The molecule has 0 aliphatic rings. The highest BCUT2D eigenvalue weighted by atomic mass is 16.6. The molecule has 0 aliphatic heterocycles. The summed E-state index contributed by atoms with van der Waals surface area (Å²) >= 11 is 0. The van der Waals surface area contributed by atoms with Gasteiger partial charge < -0.3 is 15.2 Å². The van der Waals surface area contributed by atoms with Gasteiger partial charge in [0.25, 0.3) is 0 Å². The van der Waals surface area contributed by atoms with Gasteiger partial charge in [-0.1, -0.05) is 48.5 Å². The van der Waals surface area contributed by atoms with Crippen molar-refractivity contribution in [3.8, 4) is 11.1 Å². The van der Waals surface area contributed by atoms with Gasteiger partial charge in [0.2, 0.25) is 0 Å². The van der Waals surface area contributed by atoms with Gasteiger partial charge in [-0.3, -0.25) is 0 Å². The van der Waals surface area contributed by atoms with Gasteiger partial charge in [0.1, 0.15) is 5.60 Å². The summed E-state index contributed by atoms with van der Waals surface area (Å²) in [6.45, 7) is 5.98. The van der Waals surface area contributed by atoms with E-state index in [0.29, 0.717) is 13.0 Å². The van der Waals surface area contributed by atoms with Gasteiger partial charge in [0.05, 0.1) is 0 Å². The Kier molecular flexibility index (Phi) is 5.99. The molecule has 0 atom stereocenters. The van der Waals surface area contributed by atoms with Crippen LogP contribution in [-0.2, 0) is 17.7 Å². The van der Waals surface area contributed by atoms with Crippen molar-refractivity contribution in [3.05, 3.63) is 59.7 Å². The van der Waals surface area contributed by atoms with Gasteiger partial charge in [-0.25, -0.2) is 4.79 Å². The van der Waals surface area contributed by atoms with Gasteiger partial charge in [0, 0.05) is 13.2 Å². The number of carbonyl (C=O) groups is 1. The summed E-state index contributed by atoms with van der Waals surface area (Å²) in [5.41, 5.74) is 3.75. The topological polar surface area (TPSA) is 58.6 Å². The number of aliphatic hydroxyl groups is 1. The Morgan fingerprint density at radius 1 is 1.12 bits per heavy atom. The van der Waals surface area contributed by atoms with Gasteiger partial charge in [0.15, 0.2) is 0 Å². The van der Waals surface area contributed by atoms with E-state index < -0.39 is 11.7 Å². The average molecular weight is 327 g/mol. The lowest BCUT2D eigenvalue weighted by atomic mass is 9.96. The van der Waals surface area contributed by atoms with E-state index in [-0.39, 0.29) is 6.61 Å². The summed E-state index contributed by atoms with van der Waals surface area (Å²) in [7, 11) is 0. The number of rotatable bonds is 5. The fraction of sp³-hybridized carbons (Fsp3) is 0.350. The zero-order chi connectivity index (χ0) is 17.6. The maximum absolute atomic E-state index is 11.8. The molecular weight excluding hydrogens is 302 g/mol. The number of ether oxygens (including phenoxy) is 1. The first-order chi connectivity index (χ1) is 11.4. The van der Waals surface area contributed by atoms with Crippen LogP contribution >= 0.6 is 0 Å². The summed E-state index contributed by atoms with van der Waals surface area (Å²) < 4.78 is 5.24. The van der Waals surface area contributed by atoms with Gasteiger partial charge in [-0.2, -0.15) is 0 Å². The van der Waals surface area contributed by atoms with Gasteiger partial charge >= 0.3 is 6.09 Å². The van der Waals surface area contributed by atoms with Crippen LogP contribution in [0.1, 0.15) is 31.9 Å². The molecule has 0 bridgehead atoms. The Morgan fingerprint density at radius 3 is 2.46 bits per heavy atom. The van der Waals surface area contributed by atoms with Crippen LogP contribution in [0.15, 0.2) is 48.5 Å². The summed E-state index contributed by atoms with van der Waals surface area (Å²) in [5.74, 6) is 0. The van der Waals surface area contributed by atoms with Crippen LogP contribution in [0, 0.1) is 0 Å². The number of carbonyl (C=O) groups excluding carboxylic acids is 1. The molecular formula is C20H25NO3. The molecule has 0 heterocycles. The number of amides is 1. The number of alkyl carbamates (subject to hydrolysis) is 1. The molecule has 4 heteroatoms. The van der Waals surface area contributed by atoms with Crippen LogP contribution in [0.3, 0.4) is 0 Å². The quantitative estimate of drug-likeness (QED) is 0.875. The second-order valence-electron chi connectivity index (χ2n) is 6.69. The predicted molar refractivity (Wildman–Crippen MR) is 95.7 cm³/mol. The molecule has 4 nitrogen and oxygen atoms in total. The van der Waals surface area contributed by atoms with Crippen molar-refractivity contribution in [1.82, 2.24) is 5.32 Å². The van der Waals surface area contributed by atoms with Gasteiger partial charge in [-0.15, -0.1) is 0 Å². The largest absolute Gasteiger partial charge is 0.444 e. The first-order valence-electron chi connectivity index (χ1n) is 8.14. The summed E-state index contributed by atoms with van der Waals surface area (Å²) in [6, 6.07) is 16.1. The zero-order valence-electron chi connectivity index (χ0n) is 14.5. The number of benzene rings is 2. The molecule has 1 amide bonds. The van der Waals surface area contributed by atoms with E-state index in [9.17, 15) is 9.90 Å². The average Bonchev–Trinajstić information content (AvgIpc) is 2.53. The third-order valence-corrected chi connectivity index (χ3v) is 3.47. The van der Waals surface area contributed by atoms with Crippen LogP contribution in [0.25, 0.3) is 11.1 Å². The Bertz CT molecular complexity index is 675. The van der Waals surface area contributed by atoms with Crippen molar-refractivity contribution in [2.24, 2.45) is 0 Å². The van der Waals surface area contributed by atoms with E-state index >= 15 is 0 Å². The molecule has 0 saturated carbocycles. The van der Waals surface area contributed by atoms with Crippen LogP contribution in [0.5, 0.6) is 0 Å². The normalized spacial score (nSPS) is 11.2. The predicted octanol–water partition coefficient (Wildman–Crippen LogP) is 3.91. The first kappa shape index (κ1) is 18.0. The third-order valence-electron chi connectivity index (χ3n) is 3.47. The van der Waals surface area contributed by atoms with Crippen LogP contribution in [0.4, 0.5) is 4.79 Å². The Hall–Kier alpha value is -2.33. The van der Waals surface area contributed by atoms with Crippen LogP contribution in [-0.4, -0.2) is 23.4 Å². The molecule has 0 fully saturated rings. The number of hydrogen-bond acceptors (Lipinski definition) is 3. The SMILES string of the molecule is CC(C)(C)OC(=O)NCc1ccc(-c2ccccc2)c(CCO)c1. The number of hydrogen-bond donors (Lipinski definition) is 2. The summed E-state index contributed by atoms with van der Waals surface area (Å²) in [5, 5.41) is 12.1. The lowest BCUT2D eigenvalue weighted by Gasteiger charge is -2.20. The maximum atomic E-state index is 11.8. The minimum Gasteiger partial charge on any atom is -0.444 e. The number of nitrogens with one attached hydrogen (secondary N) is 1. The van der Waals surface area contributed by atoms with E-state index in [2.05, 4.69) is 17.4 Å². The van der Waals surface area contributed by atoms with Crippen LogP contribution in [0.2, 0.25) is 0 Å². The molecule has 128 valence electrons.